The lowest BCUT2D eigenvalue weighted by molar-refractivity contribution is 0.0787. The Hall–Kier alpha value is -0.860. The van der Waals surface area contributed by atoms with Gasteiger partial charge in [-0.2, -0.15) is 0 Å². The fourth-order valence-electron chi connectivity index (χ4n) is 1.81. The van der Waals surface area contributed by atoms with Crippen LogP contribution in [0.1, 0.15) is 31.2 Å². The van der Waals surface area contributed by atoms with Crippen LogP contribution in [-0.2, 0) is 4.74 Å². The lowest BCUT2D eigenvalue weighted by Gasteiger charge is -2.22. The quantitative estimate of drug-likeness (QED) is 0.778. The van der Waals surface area contributed by atoms with Gasteiger partial charge in [-0.05, 0) is 12.0 Å². The molecule has 1 N–H and O–H groups in total. The van der Waals surface area contributed by atoms with E-state index in [-0.39, 0.29) is 12.0 Å². The van der Waals surface area contributed by atoms with Gasteiger partial charge in [0, 0.05) is 13.0 Å². The highest BCUT2D eigenvalue weighted by atomic mass is 16.5. The van der Waals surface area contributed by atoms with E-state index in [0.29, 0.717) is 6.61 Å². The molecular weight excluding hydrogens is 188 g/mol. The number of aliphatic hydroxyl groups excluding tert-OH is 1. The molecule has 0 aromatic heterocycles. The number of hydrogen-bond donors (Lipinski definition) is 1. The fraction of sp³-hybridized carbons (Fsp3) is 0.538. The van der Waals surface area contributed by atoms with Crippen LogP contribution < -0.4 is 0 Å². The predicted octanol–water partition coefficient (Wildman–Crippen LogP) is 2.58. The van der Waals surface area contributed by atoms with Gasteiger partial charge < -0.3 is 9.84 Å². The molecule has 0 bridgehead atoms. The summed E-state index contributed by atoms with van der Waals surface area (Å²) in [6.07, 6.45) is 1.51. The van der Waals surface area contributed by atoms with Crippen LogP contribution >= 0.6 is 0 Å². The summed E-state index contributed by atoms with van der Waals surface area (Å²) in [5.41, 5.74) is 1.15. The average molecular weight is 208 g/mol. The molecule has 1 rings (SSSR count). The van der Waals surface area contributed by atoms with Crippen LogP contribution in [0.5, 0.6) is 0 Å². The van der Waals surface area contributed by atoms with Crippen LogP contribution in [0.4, 0.5) is 0 Å². The van der Waals surface area contributed by atoms with E-state index < -0.39 is 0 Å². The van der Waals surface area contributed by atoms with E-state index in [0.717, 1.165) is 18.4 Å². The molecule has 2 unspecified atom stereocenters. The lowest BCUT2D eigenvalue weighted by atomic mass is 9.92. The molecule has 15 heavy (non-hydrogen) atoms. The molecule has 2 nitrogen and oxygen atoms in total. The number of aliphatic hydroxyl groups is 1. The Morgan fingerprint density at radius 3 is 2.47 bits per heavy atom. The van der Waals surface area contributed by atoms with Gasteiger partial charge in [0.1, 0.15) is 0 Å². The van der Waals surface area contributed by atoms with E-state index in [1.54, 1.807) is 7.11 Å². The van der Waals surface area contributed by atoms with Crippen LogP contribution in [-0.4, -0.2) is 24.9 Å². The first-order valence-corrected chi connectivity index (χ1v) is 5.51. The minimum absolute atomic E-state index is 0.0937. The molecule has 0 fully saturated rings. The molecular formula is C13H20O2. The molecule has 0 aliphatic carbocycles. The summed E-state index contributed by atoms with van der Waals surface area (Å²) in [6, 6.07) is 10.1. The molecule has 0 heterocycles. The Balaban J connectivity index is 2.73. The Labute approximate surface area is 91.9 Å². The lowest BCUT2D eigenvalue weighted by Crippen LogP contribution is -2.22. The number of rotatable bonds is 6. The third kappa shape index (κ3) is 3.65. The highest BCUT2D eigenvalue weighted by Crippen LogP contribution is 2.22. The highest BCUT2D eigenvalue weighted by molar-refractivity contribution is 5.20. The molecule has 0 aliphatic rings. The van der Waals surface area contributed by atoms with E-state index in [1.807, 2.05) is 30.3 Å². The monoisotopic (exact) mass is 208 g/mol. The largest absolute Gasteiger partial charge is 0.392 e. The standard InChI is InChI=1S/C13H20O2/c1-3-7-13(14)12(10-15-2)11-8-5-4-6-9-11/h4-6,8-9,12-14H,3,7,10H2,1-2H3. The van der Waals surface area contributed by atoms with Crippen LogP contribution in [0.15, 0.2) is 30.3 Å². The summed E-state index contributed by atoms with van der Waals surface area (Å²) in [4.78, 5) is 0. The van der Waals surface area contributed by atoms with Crippen LogP contribution in [0, 0.1) is 0 Å². The van der Waals surface area contributed by atoms with Gasteiger partial charge in [-0.15, -0.1) is 0 Å². The SMILES string of the molecule is CCCC(O)C(COC)c1ccccc1. The van der Waals surface area contributed by atoms with Crippen LogP contribution in [0.25, 0.3) is 0 Å². The summed E-state index contributed by atoms with van der Waals surface area (Å²) in [5, 5.41) is 10.0. The first-order valence-electron chi connectivity index (χ1n) is 5.51. The van der Waals surface area contributed by atoms with Crippen molar-refractivity contribution in [3.8, 4) is 0 Å². The molecule has 2 heteroatoms. The van der Waals surface area contributed by atoms with Crippen molar-refractivity contribution in [3.63, 3.8) is 0 Å². The maximum absolute atomic E-state index is 10.0. The molecule has 0 saturated heterocycles. The average Bonchev–Trinajstić information content (AvgIpc) is 2.27. The normalized spacial score (nSPS) is 14.9. The van der Waals surface area contributed by atoms with Gasteiger partial charge in [0.25, 0.3) is 0 Å². The summed E-state index contributed by atoms with van der Waals surface area (Å²) in [5.74, 6) is 0.0937. The number of benzene rings is 1. The Kier molecular flexibility index (Phi) is 5.37. The highest BCUT2D eigenvalue weighted by Gasteiger charge is 2.19. The van der Waals surface area contributed by atoms with Gasteiger partial charge in [-0.25, -0.2) is 0 Å². The van der Waals surface area contributed by atoms with Crippen LogP contribution in [0.3, 0.4) is 0 Å². The van der Waals surface area contributed by atoms with Gasteiger partial charge in [0.2, 0.25) is 0 Å². The van der Waals surface area contributed by atoms with Crippen molar-refractivity contribution in [3.05, 3.63) is 35.9 Å². The molecule has 1 aromatic rings. The second-order valence-corrected chi connectivity index (χ2v) is 3.83. The minimum atomic E-state index is -0.308. The zero-order valence-corrected chi connectivity index (χ0v) is 9.52. The maximum Gasteiger partial charge on any atom is 0.0630 e. The molecule has 2 atom stereocenters. The summed E-state index contributed by atoms with van der Waals surface area (Å²) >= 11 is 0. The molecule has 0 radical (unpaired) electrons. The Morgan fingerprint density at radius 1 is 1.27 bits per heavy atom. The summed E-state index contributed by atoms with van der Waals surface area (Å²) < 4.78 is 5.17. The minimum Gasteiger partial charge on any atom is -0.392 e. The van der Waals surface area contributed by atoms with Crippen molar-refractivity contribution in [1.29, 1.82) is 0 Å². The van der Waals surface area contributed by atoms with Crippen molar-refractivity contribution in [1.82, 2.24) is 0 Å². The van der Waals surface area contributed by atoms with Crippen molar-refractivity contribution < 1.29 is 9.84 Å². The topological polar surface area (TPSA) is 29.5 Å². The van der Waals surface area contributed by atoms with Crippen molar-refractivity contribution in [2.45, 2.75) is 31.8 Å². The Morgan fingerprint density at radius 2 is 1.93 bits per heavy atom. The first-order chi connectivity index (χ1) is 7.29. The smallest absolute Gasteiger partial charge is 0.0630 e. The van der Waals surface area contributed by atoms with E-state index in [1.165, 1.54) is 0 Å². The molecule has 0 aliphatic heterocycles. The molecule has 1 aromatic carbocycles. The van der Waals surface area contributed by atoms with Gasteiger partial charge in [-0.1, -0.05) is 43.7 Å². The zero-order valence-electron chi connectivity index (χ0n) is 9.52. The summed E-state index contributed by atoms with van der Waals surface area (Å²) in [6.45, 7) is 2.66. The van der Waals surface area contributed by atoms with Gasteiger partial charge in [0.05, 0.1) is 12.7 Å². The Bertz CT molecular complexity index is 258. The second kappa shape index (κ2) is 6.59. The predicted molar refractivity (Wildman–Crippen MR) is 62.0 cm³/mol. The number of hydrogen-bond acceptors (Lipinski definition) is 2. The van der Waals surface area contributed by atoms with E-state index in [4.69, 9.17) is 4.74 Å². The zero-order chi connectivity index (χ0) is 11.1. The third-order valence-electron chi connectivity index (χ3n) is 2.62. The van der Waals surface area contributed by atoms with E-state index in [9.17, 15) is 5.11 Å². The fourth-order valence-corrected chi connectivity index (χ4v) is 1.81. The first kappa shape index (κ1) is 12.2. The summed E-state index contributed by atoms with van der Waals surface area (Å²) in [7, 11) is 1.68. The van der Waals surface area contributed by atoms with Gasteiger partial charge >= 0.3 is 0 Å². The molecule has 0 amide bonds. The van der Waals surface area contributed by atoms with Gasteiger partial charge in [-0.3, -0.25) is 0 Å². The van der Waals surface area contributed by atoms with Crippen molar-refractivity contribution >= 4 is 0 Å². The van der Waals surface area contributed by atoms with Crippen LogP contribution in [0.2, 0.25) is 0 Å². The number of methoxy groups -OCH3 is 1. The maximum atomic E-state index is 10.0. The molecule has 0 spiro atoms. The molecule has 84 valence electrons. The van der Waals surface area contributed by atoms with Gasteiger partial charge in [0.15, 0.2) is 0 Å². The number of ether oxygens (including phenoxy) is 1. The second-order valence-electron chi connectivity index (χ2n) is 3.83. The van der Waals surface area contributed by atoms with E-state index in [2.05, 4.69) is 6.92 Å². The van der Waals surface area contributed by atoms with E-state index >= 15 is 0 Å². The third-order valence-corrected chi connectivity index (χ3v) is 2.62. The molecule has 0 saturated carbocycles. The van der Waals surface area contributed by atoms with Crippen molar-refractivity contribution in [2.75, 3.05) is 13.7 Å². The van der Waals surface area contributed by atoms with Crippen molar-refractivity contribution in [2.24, 2.45) is 0 Å².